The molecule has 2 aromatic rings. The predicted octanol–water partition coefficient (Wildman–Crippen LogP) is 4.55. The van der Waals surface area contributed by atoms with E-state index in [1.165, 1.54) is 5.56 Å². The summed E-state index contributed by atoms with van der Waals surface area (Å²) < 4.78 is 1.08. The highest BCUT2D eigenvalue weighted by atomic mass is 79.9. The Morgan fingerprint density at radius 3 is 2.62 bits per heavy atom. The van der Waals surface area contributed by atoms with Crippen molar-refractivity contribution in [2.24, 2.45) is 0 Å². The van der Waals surface area contributed by atoms with Crippen molar-refractivity contribution >= 4 is 38.9 Å². The second kappa shape index (κ2) is 4.85. The zero-order valence-corrected chi connectivity index (χ0v) is 11.0. The van der Waals surface area contributed by atoms with Gasteiger partial charge in [0.25, 0.3) is 0 Å². The molecular formula is C12H10BrClN2. The second-order valence-corrected chi connectivity index (χ2v) is 4.70. The minimum Gasteiger partial charge on any atom is -0.355 e. The molecule has 16 heavy (non-hydrogen) atoms. The Labute approximate surface area is 108 Å². The number of benzene rings is 1. The molecule has 0 atom stereocenters. The lowest BCUT2D eigenvalue weighted by Gasteiger charge is -2.07. The summed E-state index contributed by atoms with van der Waals surface area (Å²) in [7, 11) is 0. The van der Waals surface area contributed by atoms with Gasteiger partial charge in [-0.15, -0.1) is 0 Å². The van der Waals surface area contributed by atoms with Crippen molar-refractivity contribution in [3.05, 3.63) is 51.7 Å². The first-order valence-electron chi connectivity index (χ1n) is 4.80. The Kier molecular flexibility index (Phi) is 3.46. The zero-order valence-electron chi connectivity index (χ0n) is 8.67. The van der Waals surface area contributed by atoms with Crippen molar-refractivity contribution in [3.8, 4) is 0 Å². The fraction of sp³-hybridized carbons (Fsp3) is 0.0833. The van der Waals surface area contributed by atoms with E-state index in [2.05, 4.69) is 39.2 Å². The van der Waals surface area contributed by atoms with Gasteiger partial charge in [0.2, 0.25) is 0 Å². The fourth-order valence-corrected chi connectivity index (χ4v) is 1.87. The highest BCUT2D eigenvalue weighted by Crippen LogP contribution is 2.24. The number of nitrogens with one attached hydrogen (secondary N) is 1. The third kappa shape index (κ3) is 2.74. The van der Waals surface area contributed by atoms with E-state index >= 15 is 0 Å². The number of hydrogen-bond donors (Lipinski definition) is 1. The molecule has 0 radical (unpaired) electrons. The summed E-state index contributed by atoms with van der Waals surface area (Å²) in [5.41, 5.74) is 3.15. The normalized spacial score (nSPS) is 10.2. The van der Waals surface area contributed by atoms with Gasteiger partial charge in [-0.2, -0.15) is 0 Å². The van der Waals surface area contributed by atoms with E-state index in [9.17, 15) is 0 Å². The standard InChI is InChI=1S/C12H10BrClN2/c1-8-2-3-9(6-11(8)13)16-10-4-5-15-12(14)7-10/h2-7H,1H3,(H,15,16). The first-order chi connectivity index (χ1) is 7.65. The number of nitrogens with zero attached hydrogens (tertiary/aromatic N) is 1. The highest BCUT2D eigenvalue weighted by molar-refractivity contribution is 9.10. The van der Waals surface area contributed by atoms with Crippen LogP contribution in [0.4, 0.5) is 11.4 Å². The molecule has 0 aliphatic carbocycles. The Bertz CT molecular complexity index is 514. The molecule has 0 amide bonds. The van der Waals surface area contributed by atoms with Gasteiger partial charge in [0.1, 0.15) is 5.15 Å². The average Bonchev–Trinajstić information content (AvgIpc) is 2.24. The highest BCUT2D eigenvalue weighted by Gasteiger charge is 1.99. The van der Waals surface area contributed by atoms with Gasteiger partial charge in [0.05, 0.1) is 0 Å². The van der Waals surface area contributed by atoms with Gasteiger partial charge in [-0.25, -0.2) is 4.98 Å². The van der Waals surface area contributed by atoms with Gasteiger partial charge in [-0.05, 0) is 36.8 Å². The van der Waals surface area contributed by atoms with Crippen LogP contribution in [0, 0.1) is 6.92 Å². The van der Waals surface area contributed by atoms with Crippen LogP contribution in [0.25, 0.3) is 0 Å². The Hall–Kier alpha value is -1.06. The number of aryl methyl sites for hydroxylation is 1. The summed E-state index contributed by atoms with van der Waals surface area (Å²) in [4.78, 5) is 3.93. The van der Waals surface area contributed by atoms with Gasteiger partial charge in [-0.1, -0.05) is 33.6 Å². The third-order valence-corrected chi connectivity index (χ3v) is 3.25. The smallest absolute Gasteiger partial charge is 0.131 e. The molecule has 2 rings (SSSR count). The van der Waals surface area contributed by atoms with Crippen LogP contribution in [0.3, 0.4) is 0 Å². The summed E-state index contributed by atoms with van der Waals surface area (Å²) >= 11 is 9.30. The lowest BCUT2D eigenvalue weighted by Crippen LogP contribution is -1.91. The molecule has 0 aliphatic rings. The van der Waals surface area contributed by atoms with Gasteiger partial charge in [0, 0.05) is 22.0 Å². The maximum atomic E-state index is 5.81. The molecule has 1 N–H and O–H groups in total. The number of anilines is 2. The zero-order chi connectivity index (χ0) is 11.5. The van der Waals surface area contributed by atoms with E-state index in [4.69, 9.17) is 11.6 Å². The molecule has 0 spiro atoms. The number of aromatic nitrogens is 1. The van der Waals surface area contributed by atoms with Crippen molar-refractivity contribution < 1.29 is 0 Å². The molecule has 0 saturated heterocycles. The van der Waals surface area contributed by atoms with Gasteiger partial charge >= 0.3 is 0 Å². The van der Waals surface area contributed by atoms with Gasteiger partial charge in [-0.3, -0.25) is 0 Å². The van der Waals surface area contributed by atoms with Crippen LogP contribution in [-0.4, -0.2) is 4.98 Å². The molecule has 0 saturated carbocycles. The largest absolute Gasteiger partial charge is 0.355 e. The topological polar surface area (TPSA) is 24.9 Å². The first-order valence-corrected chi connectivity index (χ1v) is 5.97. The van der Waals surface area contributed by atoms with Gasteiger partial charge in [0.15, 0.2) is 0 Å². The van der Waals surface area contributed by atoms with Crippen LogP contribution in [0.2, 0.25) is 5.15 Å². The molecule has 2 nitrogen and oxygen atoms in total. The van der Waals surface area contributed by atoms with Crippen LogP contribution in [0.1, 0.15) is 5.56 Å². The SMILES string of the molecule is Cc1ccc(Nc2ccnc(Cl)c2)cc1Br. The molecule has 1 aromatic heterocycles. The molecule has 0 fully saturated rings. The molecule has 1 heterocycles. The lowest BCUT2D eigenvalue weighted by molar-refractivity contribution is 1.32. The number of hydrogen-bond acceptors (Lipinski definition) is 2. The van der Waals surface area contributed by atoms with Crippen LogP contribution in [-0.2, 0) is 0 Å². The number of pyridine rings is 1. The lowest BCUT2D eigenvalue weighted by atomic mass is 10.2. The molecule has 0 unspecified atom stereocenters. The van der Waals surface area contributed by atoms with Crippen molar-refractivity contribution in [2.75, 3.05) is 5.32 Å². The van der Waals surface area contributed by atoms with E-state index in [1.54, 1.807) is 12.3 Å². The van der Waals surface area contributed by atoms with Crippen LogP contribution >= 0.6 is 27.5 Å². The Morgan fingerprint density at radius 2 is 1.94 bits per heavy atom. The minimum atomic E-state index is 0.483. The summed E-state index contributed by atoms with van der Waals surface area (Å²) in [6, 6.07) is 9.77. The van der Waals surface area contributed by atoms with Gasteiger partial charge < -0.3 is 5.32 Å². The van der Waals surface area contributed by atoms with E-state index < -0.39 is 0 Å². The van der Waals surface area contributed by atoms with E-state index in [1.807, 2.05) is 18.2 Å². The molecule has 4 heteroatoms. The summed E-state index contributed by atoms with van der Waals surface area (Å²) in [5, 5.41) is 3.74. The second-order valence-electron chi connectivity index (χ2n) is 3.46. The molecule has 1 aromatic carbocycles. The van der Waals surface area contributed by atoms with Crippen molar-refractivity contribution in [1.82, 2.24) is 4.98 Å². The molecule has 0 aliphatic heterocycles. The van der Waals surface area contributed by atoms with E-state index in [0.29, 0.717) is 5.15 Å². The molecule has 0 bridgehead atoms. The van der Waals surface area contributed by atoms with Crippen LogP contribution < -0.4 is 5.32 Å². The van der Waals surface area contributed by atoms with Crippen molar-refractivity contribution in [1.29, 1.82) is 0 Å². The third-order valence-electron chi connectivity index (χ3n) is 2.19. The number of halogens is 2. The summed E-state index contributed by atoms with van der Waals surface area (Å²) in [6.45, 7) is 2.05. The van der Waals surface area contributed by atoms with Crippen molar-refractivity contribution in [2.45, 2.75) is 6.92 Å². The first kappa shape index (κ1) is 11.4. The monoisotopic (exact) mass is 296 g/mol. The molecular weight excluding hydrogens is 288 g/mol. The number of rotatable bonds is 2. The quantitative estimate of drug-likeness (QED) is 0.823. The molecule has 82 valence electrons. The Balaban J connectivity index is 2.24. The average molecular weight is 298 g/mol. The predicted molar refractivity (Wildman–Crippen MR) is 71.4 cm³/mol. The minimum absolute atomic E-state index is 0.483. The maximum absolute atomic E-state index is 5.81. The van der Waals surface area contributed by atoms with Crippen LogP contribution in [0.15, 0.2) is 41.0 Å². The Morgan fingerprint density at radius 1 is 1.19 bits per heavy atom. The summed E-state index contributed by atoms with van der Waals surface area (Å²) in [5.74, 6) is 0. The van der Waals surface area contributed by atoms with E-state index in [-0.39, 0.29) is 0 Å². The summed E-state index contributed by atoms with van der Waals surface area (Å²) in [6.07, 6.45) is 1.67. The maximum Gasteiger partial charge on any atom is 0.131 e. The van der Waals surface area contributed by atoms with Crippen LogP contribution in [0.5, 0.6) is 0 Å². The van der Waals surface area contributed by atoms with Crippen molar-refractivity contribution in [3.63, 3.8) is 0 Å². The van der Waals surface area contributed by atoms with E-state index in [0.717, 1.165) is 15.8 Å². The fourth-order valence-electron chi connectivity index (χ4n) is 1.32.